The van der Waals surface area contributed by atoms with Crippen molar-refractivity contribution < 1.29 is 5.11 Å². The first kappa shape index (κ1) is 12.6. The Labute approximate surface area is 98.1 Å². The van der Waals surface area contributed by atoms with E-state index in [-0.39, 0.29) is 11.7 Å². The standard InChI is InChI=1S/C15H20O/c1-5-14(10-12(3)13(4)16)15-9-7-6-8-11(15)2/h5-9,12,16H,4,10H2,1-3H3/b14-5-. The summed E-state index contributed by atoms with van der Waals surface area (Å²) in [6.07, 6.45) is 2.94. The summed E-state index contributed by atoms with van der Waals surface area (Å²) in [5, 5.41) is 9.36. The zero-order valence-electron chi connectivity index (χ0n) is 10.3. The second-order valence-electron chi connectivity index (χ2n) is 4.23. The Morgan fingerprint density at radius 2 is 2.06 bits per heavy atom. The van der Waals surface area contributed by atoms with Crippen LogP contribution in [0.5, 0.6) is 0 Å². The molecular formula is C15H20O. The first-order valence-electron chi connectivity index (χ1n) is 5.65. The molecule has 1 atom stereocenters. The molecule has 1 N–H and O–H groups in total. The summed E-state index contributed by atoms with van der Waals surface area (Å²) in [5.74, 6) is 0.360. The van der Waals surface area contributed by atoms with Crippen LogP contribution in [0.15, 0.2) is 42.7 Å². The molecule has 0 heterocycles. The third kappa shape index (κ3) is 2.99. The number of hydrogen-bond donors (Lipinski definition) is 1. The minimum absolute atomic E-state index is 0.103. The van der Waals surface area contributed by atoms with Gasteiger partial charge in [0.25, 0.3) is 0 Å². The molecule has 0 spiro atoms. The smallest absolute Gasteiger partial charge is 0.0882 e. The van der Waals surface area contributed by atoms with Crippen molar-refractivity contribution in [3.05, 3.63) is 53.8 Å². The highest BCUT2D eigenvalue weighted by Crippen LogP contribution is 2.27. The van der Waals surface area contributed by atoms with Gasteiger partial charge in [-0.2, -0.15) is 0 Å². The quantitative estimate of drug-likeness (QED) is 0.735. The fourth-order valence-corrected chi connectivity index (χ4v) is 1.76. The predicted molar refractivity (Wildman–Crippen MR) is 70.4 cm³/mol. The molecule has 1 unspecified atom stereocenters. The van der Waals surface area contributed by atoms with E-state index in [1.54, 1.807) is 0 Å². The Morgan fingerprint density at radius 3 is 2.56 bits per heavy atom. The van der Waals surface area contributed by atoms with Crippen molar-refractivity contribution in [1.29, 1.82) is 0 Å². The molecule has 1 aromatic carbocycles. The highest BCUT2D eigenvalue weighted by molar-refractivity contribution is 5.68. The first-order valence-corrected chi connectivity index (χ1v) is 5.65. The van der Waals surface area contributed by atoms with Crippen molar-refractivity contribution in [3.63, 3.8) is 0 Å². The van der Waals surface area contributed by atoms with E-state index in [4.69, 9.17) is 0 Å². The molecule has 0 radical (unpaired) electrons. The van der Waals surface area contributed by atoms with Crippen molar-refractivity contribution in [2.75, 3.05) is 0 Å². The fraction of sp³-hybridized carbons (Fsp3) is 0.333. The molecule has 0 aliphatic rings. The van der Waals surface area contributed by atoms with Gasteiger partial charge in [0.1, 0.15) is 0 Å². The van der Waals surface area contributed by atoms with Crippen LogP contribution in [-0.2, 0) is 0 Å². The van der Waals surface area contributed by atoms with Crippen LogP contribution >= 0.6 is 0 Å². The summed E-state index contributed by atoms with van der Waals surface area (Å²) in [6, 6.07) is 8.32. The van der Waals surface area contributed by atoms with E-state index in [0.29, 0.717) is 0 Å². The molecule has 86 valence electrons. The Morgan fingerprint density at radius 1 is 1.44 bits per heavy atom. The Hall–Kier alpha value is -1.50. The van der Waals surface area contributed by atoms with Crippen LogP contribution in [0, 0.1) is 12.8 Å². The van der Waals surface area contributed by atoms with E-state index in [1.807, 2.05) is 26.0 Å². The van der Waals surface area contributed by atoms with Gasteiger partial charge in [0.15, 0.2) is 0 Å². The highest BCUT2D eigenvalue weighted by atomic mass is 16.3. The lowest BCUT2D eigenvalue weighted by molar-refractivity contribution is 0.346. The first-order chi connectivity index (χ1) is 7.56. The number of benzene rings is 1. The summed E-state index contributed by atoms with van der Waals surface area (Å²) in [7, 11) is 0. The summed E-state index contributed by atoms with van der Waals surface area (Å²) >= 11 is 0. The highest BCUT2D eigenvalue weighted by Gasteiger charge is 2.10. The number of aliphatic hydroxyl groups is 1. The summed E-state index contributed by atoms with van der Waals surface area (Å²) in [4.78, 5) is 0. The van der Waals surface area contributed by atoms with Gasteiger partial charge in [-0.25, -0.2) is 0 Å². The number of rotatable bonds is 4. The predicted octanol–water partition coefficient (Wildman–Crippen LogP) is 4.50. The molecule has 0 aromatic heterocycles. The van der Waals surface area contributed by atoms with Gasteiger partial charge in [0.05, 0.1) is 5.76 Å². The molecule has 0 aliphatic heterocycles. The number of aliphatic hydroxyl groups excluding tert-OH is 1. The molecule has 1 aromatic rings. The Kier molecular flexibility index (Phi) is 4.36. The Balaban J connectivity index is 2.93. The summed E-state index contributed by atoms with van der Waals surface area (Å²) < 4.78 is 0. The maximum atomic E-state index is 9.36. The molecule has 16 heavy (non-hydrogen) atoms. The van der Waals surface area contributed by atoms with Gasteiger partial charge < -0.3 is 5.11 Å². The third-order valence-corrected chi connectivity index (χ3v) is 2.93. The van der Waals surface area contributed by atoms with Crippen molar-refractivity contribution in [2.24, 2.45) is 5.92 Å². The lowest BCUT2D eigenvalue weighted by atomic mass is 9.92. The van der Waals surface area contributed by atoms with E-state index in [0.717, 1.165) is 6.42 Å². The second kappa shape index (κ2) is 5.55. The zero-order chi connectivity index (χ0) is 12.1. The zero-order valence-corrected chi connectivity index (χ0v) is 10.3. The molecule has 1 rings (SSSR count). The van der Waals surface area contributed by atoms with Crippen LogP contribution in [-0.4, -0.2) is 5.11 Å². The minimum atomic E-state index is 0.103. The van der Waals surface area contributed by atoms with E-state index < -0.39 is 0 Å². The maximum Gasteiger partial charge on any atom is 0.0882 e. The minimum Gasteiger partial charge on any atom is -0.513 e. The fourth-order valence-electron chi connectivity index (χ4n) is 1.76. The van der Waals surface area contributed by atoms with Crippen LogP contribution in [0.3, 0.4) is 0 Å². The second-order valence-corrected chi connectivity index (χ2v) is 4.23. The number of aryl methyl sites for hydroxylation is 1. The maximum absolute atomic E-state index is 9.36. The monoisotopic (exact) mass is 216 g/mol. The summed E-state index contributed by atoms with van der Waals surface area (Å²) in [6.45, 7) is 9.72. The van der Waals surface area contributed by atoms with Gasteiger partial charge >= 0.3 is 0 Å². The van der Waals surface area contributed by atoms with Crippen molar-refractivity contribution in [3.8, 4) is 0 Å². The average Bonchev–Trinajstić information content (AvgIpc) is 2.26. The van der Waals surface area contributed by atoms with Gasteiger partial charge in [0.2, 0.25) is 0 Å². The summed E-state index contributed by atoms with van der Waals surface area (Å²) in [5.41, 5.74) is 3.80. The van der Waals surface area contributed by atoms with Crippen LogP contribution < -0.4 is 0 Å². The molecule has 1 nitrogen and oxygen atoms in total. The van der Waals surface area contributed by atoms with Crippen LogP contribution in [0.2, 0.25) is 0 Å². The normalized spacial score (nSPS) is 13.6. The van der Waals surface area contributed by atoms with Gasteiger partial charge in [-0.05, 0) is 37.0 Å². The third-order valence-electron chi connectivity index (χ3n) is 2.93. The van der Waals surface area contributed by atoms with Gasteiger partial charge in [0, 0.05) is 5.92 Å². The van der Waals surface area contributed by atoms with Crippen molar-refractivity contribution in [1.82, 2.24) is 0 Å². The molecule has 0 aliphatic carbocycles. The van der Waals surface area contributed by atoms with Crippen LogP contribution in [0.4, 0.5) is 0 Å². The molecule has 0 amide bonds. The van der Waals surface area contributed by atoms with Crippen molar-refractivity contribution >= 4 is 5.57 Å². The molecule has 0 saturated carbocycles. The Bertz CT molecular complexity index is 402. The van der Waals surface area contributed by atoms with Gasteiger partial charge in [-0.3, -0.25) is 0 Å². The van der Waals surface area contributed by atoms with Gasteiger partial charge in [-0.1, -0.05) is 43.8 Å². The molecule has 1 heteroatoms. The van der Waals surface area contributed by atoms with E-state index >= 15 is 0 Å². The van der Waals surface area contributed by atoms with Crippen molar-refractivity contribution in [2.45, 2.75) is 27.2 Å². The SMILES string of the molecule is C=C(O)C(C)C/C(=C/C)c1ccccc1C. The van der Waals surface area contributed by atoms with Gasteiger partial charge in [-0.15, -0.1) is 0 Å². The number of hydrogen-bond acceptors (Lipinski definition) is 1. The molecule has 0 fully saturated rings. The van der Waals surface area contributed by atoms with Crippen LogP contribution in [0.1, 0.15) is 31.4 Å². The van der Waals surface area contributed by atoms with E-state index in [9.17, 15) is 5.11 Å². The van der Waals surface area contributed by atoms with Crippen LogP contribution in [0.25, 0.3) is 5.57 Å². The largest absolute Gasteiger partial charge is 0.513 e. The lowest BCUT2D eigenvalue weighted by Gasteiger charge is -2.15. The van der Waals surface area contributed by atoms with E-state index in [1.165, 1.54) is 16.7 Å². The lowest BCUT2D eigenvalue weighted by Crippen LogP contribution is -2.00. The molecule has 0 saturated heterocycles. The number of allylic oxidation sites excluding steroid dienone is 3. The average molecular weight is 216 g/mol. The van der Waals surface area contributed by atoms with E-state index in [2.05, 4.69) is 31.7 Å². The molecule has 0 bridgehead atoms. The topological polar surface area (TPSA) is 20.2 Å². The molecular weight excluding hydrogens is 196 g/mol.